The Morgan fingerprint density at radius 3 is 2.63 bits per heavy atom. The van der Waals surface area contributed by atoms with E-state index in [2.05, 4.69) is 31.6 Å². The Hall–Kier alpha value is -3.48. The van der Waals surface area contributed by atoms with Gasteiger partial charge in [-0.25, -0.2) is 4.98 Å². The van der Waals surface area contributed by atoms with E-state index in [1.54, 1.807) is 6.92 Å². The number of hydrogen-bond donors (Lipinski definition) is 2. The number of aromatic nitrogens is 2. The lowest BCUT2D eigenvalue weighted by molar-refractivity contribution is -0.116. The van der Waals surface area contributed by atoms with Gasteiger partial charge < -0.3 is 15.5 Å². The Labute approximate surface area is 175 Å². The van der Waals surface area contributed by atoms with Crippen LogP contribution in [0.5, 0.6) is 0 Å². The Balaban J connectivity index is 1.33. The van der Waals surface area contributed by atoms with Crippen molar-refractivity contribution in [2.24, 2.45) is 0 Å². The molecule has 2 amide bonds. The Morgan fingerprint density at radius 1 is 1.07 bits per heavy atom. The maximum Gasteiger partial charge on any atom is 0.271 e. The van der Waals surface area contributed by atoms with Gasteiger partial charge in [-0.15, -0.1) is 0 Å². The van der Waals surface area contributed by atoms with Gasteiger partial charge in [-0.05, 0) is 50.1 Å². The molecule has 1 aliphatic heterocycles. The molecule has 1 fully saturated rings. The van der Waals surface area contributed by atoms with Gasteiger partial charge in [-0.1, -0.05) is 18.2 Å². The first-order valence-corrected chi connectivity index (χ1v) is 10.3. The summed E-state index contributed by atoms with van der Waals surface area (Å²) in [5, 5.41) is 5.75. The Kier molecular flexibility index (Phi) is 5.88. The zero-order valence-electron chi connectivity index (χ0n) is 17.0. The van der Waals surface area contributed by atoms with Crippen molar-refractivity contribution in [3.63, 3.8) is 0 Å². The molecule has 1 atom stereocenters. The first-order chi connectivity index (χ1) is 14.6. The molecule has 1 unspecified atom stereocenters. The summed E-state index contributed by atoms with van der Waals surface area (Å²) in [6, 6.07) is 14.9. The molecule has 0 saturated carbocycles. The fourth-order valence-electron chi connectivity index (χ4n) is 3.66. The number of nitrogens with one attached hydrogen (secondary N) is 2. The molecule has 2 aromatic carbocycles. The van der Waals surface area contributed by atoms with E-state index in [-0.39, 0.29) is 30.0 Å². The van der Waals surface area contributed by atoms with Crippen LogP contribution >= 0.6 is 0 Å². The van der Waals surface area contributed by atoms with Crippen molar-refractivity contribution in [2.45, 2.75) is 32.2 Å². The summed E-state index contributed by atoms with van der Waals surface area (Å²) in [6.45, 7) is 3.91. The molecule has 2 N–H and O–H groups in total. The lowest BCUT2D eigenvalue weighted by Crippen LogP contribution is -2.36. The highest BCUT2D eigenvalue weighted by molar-refractivity contribution is 5.95. The van der Waals surface area contributed by atoms with Crippen LogP contribution in [0.15, 0.2) is 54.7 Å². The standard InChI is InChI=1S/C23H25N5O2/c1-16(25-23(30)21-15-24-19-9-2-3-10-20(19)27-21)13-22(29)26-17-7-6-8-18(14-17)28-11-4-5-12-28/h2-3,6-10,14-16H,4-5,11-13H2,1H3,(H,25,30)(H,26,29). The van der Waals surface area contributed by atoms with Crippen molar-refractivity contribution in [1.82, 2.24) is 15.3 Å². The number of hydrogen-bond acceptors (Lipinski definition) is 5. The minimum atomic E-state index is -0.343. The lowest BCUT2D eigenvalue weighted by atomic mass is 10.2. The van der Waals surface area contributed by atoms with Crippen molar-refractivity contribution in [2.75, 3.05) is 23.3 Å². The molecule has 7 nitrogen and oxygen atoms in total. The number of anilines is 2. The van der Waals surface area contributed by atoms with E-state index < -0.39 is 0 Å². The molecule has 0 spiro atoms. The molecule has 4 rings (SSSR count). The average molecular weight is 403 g/mol. The molecule has 1 saturated heterocycles. The largest absolute Gasteiger partial charge is 0.371 e. The Morgan fingerprint density at radius 2 is 1.83 bits per heavy atom. The van der Waals surface area contributed by atoms with Gasteiger partial charge in [-0.2, -0.15) is 0 Å². The second-order valence-electron chi connectivity index (χ2n) is 7.62. The molecule has 3 aromatic rings. The van der Waals surface area contributed by atoms with Crippen molar-refractivity contribution in [3.05, 3.63) is 60.4 Å². The van der Waals surface area contributed by atoms with Crippen LogP contribution in [-0.4, -0.2) is 40.9 Å². The third-order valence-corrected chi connectivity index (χ3v) is 5.15. The van der Waals surface area contributed by atoms with E-state index in [9.17, 15) is 9.59 Å². The number of carbonyl (C=O) groups excluding carboxylic acids is 2. The van der Waals surface area contributed by atoms with Gasteiger partial charge in [0.25, 0.3) is 5.91 Å². The molecule has 1 aliphatic rings. The van der Waals surface area contributed by atoms with Crippen LogP contribution in [0.25, 0.3) is 11.0 Å². The van der Waals surface area contributed by atoms with Gasteiger partial charge in [0.05, 0.1) is 17.2 Å². The second kappa shape index (κ2) is 8.90. The molecular formula is C23H25N5O2. The molecule has 30 heavy (non-hydrogen) atoms. The number of para-hydroxylation sites is 2. The maximum atomic E-state index is 12.5. The molecule has 1 aromatic heterocycles. The smallest absolute Gasteiger partial charge is 0.271 e. The van der Waals surface area contributed by atoms with Gasteiger partial charge >= 0.3 is 0 Å². The van der Waals surface area contributed by atoms with E-state index in [4.69, 9.17) is 0 Å². The fourth-order valence-corrected chi connectivity index (χ4v) is 3.66. The van der Waals surface area contributed by atoms with Crippen molar-refractivity contribution < 1.29 is 9.59 Å². The van der Waals surface area contributed by atoms with Crippen molar-refractivity contribution >= 4 is 34.2 Å². The van der Waals surface area contributed by atoms with E-state index in [1.807, 2.05) is 42.5 Å². The van der Waals surface area contributed by atoms with E-state index in [0.717, 1.165) is 30.0 Å². The highest BCUT2D eigenvalue weighted by Gasteiger charge is 2.16. The highest BCUT2D eigenvalue weighted by Crippen LogP contribution is 2.23. The minimum absolute atomic E-state index is 0.147. The van der Waals surface area contributed by atoms with Crippen molar-refractivity contribution in [1.29, 1.82) is 0 Å². The third-order valence-electron chi connectivity index (χ3n) is 5.15. The van der Waals surface area contributed by atoms with Crippen LogP contribution in [0.2, 0.25) is 0 Å². The first-order valence-electron chi connectivity index (χ1n) is 10.3. The number of carbonyl (C=O) groups is 2. The summed E-state index contributed by atoms with van der Waals surface area (Å²) >= 11 is 0. The van der Waals surface area contributed by atoms with Crippen LogP contribution in [0, 0.1) is 0 Å². The van der Waals surface area contributed by atoms with Gasteiger partial charge in [0.15, 0.2) is 0 Å². The molecule has 7 heteroatoms. The van der Waals surface area contributed by atoms with Crippen LogP contribution in [0.4, 0.5) is 11.4 Å². The quantitative estimate of drug-likeness (QED) is 0.659. The predicted molar refractivity (Wildman–Crippen MR) is 118 cm³/mol. The Bertz CT molecular complexity index is 1060. The molecule has 0 aliphatic carbocycles. The number of rotatable bonds is 6. The molecule has 154 valence electrons. The molecule has 2 heterocycles. The van der Waals surface area contributed by atoms with E-state index in [1.165, 1.54) is 19.0 Å². The van der Waals surface area contributed by atoms with Crippen LogP contribution in [0.1, 0.15) is 36.7 Å². The predicted octanol–water partition coefficient (Wildman–Crippen LogP) is 3.38. The minimum Gasteiger partial charge on any atom is -0.371 e. The summed E-state index contributed by atoms with van der Waals surface area (Å²) in [5.74, 6) is -0.490. The monoisotopic (exact) mass is 403 g/mol. The summed E-state index contributed by atoms with van der Waals surface area (Å²) in [5.41, 5.74) is 3.52. The summed E-state index contributed by atoms with van der Waals surface area (Å²) < 4.78 is 0. The molecular weight excluding hydrogens is 378 g/mol. The van der Waals surface area contributed by atoms with Crippen LogP contribution < -0.4 is 15.5 Å². The van der Waals surface area contributed by atoms with Gasteiger partial charge in [0.2, 0.25) is 5.91 Å². The maximum absolute atomic E-state index is 12.5. The summed E-state index contributed by atoms with van der Waals surface area (Å²) in [4.78, 5) is 35.8. The third kappa shape index (κ3) is 4.74. The number of benzene rings is 2. The van der Waals surface area contributed by atoms with E-state index >= 15 is 0 Å². The van der Waals surface area contributed by atoms with Gasteiger partial charge in [0, 0.05) is 36.9 Å². The zero-order chi connectivity index (χ0) is 20.9. The van der Waals surface area contributed by atoms with Crippen LogP contribution in [0.3, 0.4) is 0 Å². The summed E-state index contributed by atoms with van der Waals surface area (Å²) in [7, 11) is 0. The van der Waals surface area contributed by atoms with Crippen molar-refractivity contribution in [3.8, 4) is 0 Å². The summed E-state index contributed by atoms with van der Waals surface area (Å²) in [6.07, 6.45) is 4.03. The average Bonchev–Trinajstić information content (AvgIpc) is 3.28. The molecule has 0 bridgehead atoms. The van der Waals surface area contributed by atoms with Crippen LogP contribution in [-0.2, 0) is 4.79 Å². The normalized spacial score (nSPS) is 14.5. The number of amides is 2. The fraction of sp³-hybridized carbons (Fsp3) is 0.304. The van der Waals surface area contributed by atoms with E-state index in [0.29, 0.717) is 5.52 Å². The first kappa shape index (κ1) is 19.8. The van der Waals surface area contributed by atoms with Gasteiger partial charge in [0.1, 0.15) is 5.69 Å². The molecule has 0 radical (unpaired) electrons. The highest BCUT2D eigenvalue weighted by atomic mass is 16.2. The number of nitrogens with zero attached hydrogens (tertiary/aromatic N) is 3. The van der Waals surface area contributed by atoms with Gasteiger partial charge in [-0.3, -0.25) is 14.6 Å². The zero-order valence-corrected chi connectivity index (χ0v) is 17.0. The topological polar surface area (TPSA) is 87.2 Å². The second-order valence-corrected chi connectivity index (χ2v) is 7.62. The SMILES string of the molecule is CC(CC(=O)Nc1cccc(N2CCCC2)c1)NC(=O)c1cnc2ccccc2n1. The number of fused-ring (bicyclic) bond motifs is 1. The lowest BCUT2D eigenvalue weighted by Gasteiger charge is -2.19.